The van der Waals surface area contributed by atoms with Crippen molar-refractivity contribution in [1.82, 2.24) is 5.32 Å². The van der Waals surface area contributed by atoms with Crippen LogP contribution in [-0.2, 0) is 33.9 Å². The molecule has 3 unspecified atom stereocenters. The summed E-state index contributed by atoms with van der Waals surface area (Å²) in [4.78, 5) is 39.9. The van der Waals surface area contributed by atoms with Crippen molar-refractivity contribution in [1.29, 1.82) is 0 Å². The van der Waals surface area contributed by atoms with Crippen molar-refractivity contribution < 1.29 is 34.8 Å². The molecule has 10 nitrogen and oxygen atoms in total. The third-order valence-electron chi connectivity index (χ3n) is 8.09. The normalized spacial score (nSPS) is 24.3. The van der Waals surface area contributed by atoms with Gasteiger partial charge >= 0.3 is 0 Å². The molecule has 1 amide bonds. The number of aromatic hydroxyl groups is 1. The highest BCUT2D eigenvalue weighted by molar-refractivity contribution is 6.22. The molecule has 204 valence electrons. The van der Waals surface area contributed by atoms with E-state index in [9.17, 15) is 34.8 Å². The fraction of sp³-hybridized carbons (Fsp3) is 0.345. The predicted octanol–water partition coefficient (Wildman–Crippen LogP) is 1.78. The average molecular weight is 534 g/mol. The number of rotatable bonds is 6. The molecule has 0 bridgehead atoms. The van der Waals surface area contributed by atoms with Gasteiger partial charge in [-0.1, -0.05) is 30.3 Å². The maximum atomic E-state index is 13.7. The van der Waals surface area contributed by atoms with E-state index in [4.69, 9.17) is 5.73 Å². The Balaban J connectivity index is 1.59. The molecular weight excluding hydrogens is 502 g/mol. The van der Waals surface area contributed by atoms with Gasteiger partial charge in [0.15, 0.2) is 11.4 Å². The first-order chi connectivity index (χ1) is 18.5. The zero-order valence-electron chi connectivity index (χ0n) is 21.7. The van der Waals surface area contributed by atoms with E-state index in [0.717, 1.165) is 11.3 Å². The second kappa shape index (κ2) is 9.55. The molecule has 0 spiro atoms. The lowest BCUT2D eigenvalue weighted by atomic mass is 9.59. The van der Waals surface area contributed by atoms with Gasteiger partial charge in [0.05, 0.1) is 5.56 Å². The van der Waals surface area contributed by atoms with Crippen LogP contribution in [0, 0.1) is 11.8 Å². The molecule has 1 fully saturated rings. The van der Waals surface area contributed by atoms with Gasteiger partial charge in [0.1, 0.15) is 22.8 Å². The number of fused-ring (bicyclic) bond motifs is 3. The lowest BCUT2D eigenvalue weighted by molar-refractivity contribution is -0.147. The second-order valence-corrected chi connectivity index (χ2v) is 10.6. The standard InChI is InChI=1S/C29H31N3O7/c1-32(2)19-10-16(13-31-12-14-6-4-3-5-7-14)24(34)22-18(19)9-15-8-17-11-20(33)23(28(30)38)27(37)29(17,39)26(36)21(15)25(22)35/h3-7,10,15,17,31,34-35,37,39H,8-9,11-13H2,1-2H3,(H2,30,38). The highest BCUT2D eigenvalue weighted by Crippen LogP contribution is 2.53. The Kier molecular flexibility index (Phi) is 6.48. The smallest absolute Gasteiger partial charge is 0.255 e. The first-order valence-electron chi connectivity index (χ1n) is 12.7. The van der Waals surface area contributed by atoms with E-state index in [-0.39, 0.29) is 42.7 Å². The highest BCUT2D eigenvalue weighted by Gasteiger charge is 2.60. The molecule has 0 heterocycles. The predicted molar refractivity (Wildman–Crippen MR) is 143 cm³/mol. The molecule has 3 aliphatic carbocycles. The number of hydrogen-bond donors (Lipinski definition) is 6. The van der Waals surface area contributed by atoms with Crippen molar-refractivity contribution in [2.24, 2.45) is 17.6 Å². The molecule has 3 aliphatic rings. The van der Waals surface area contributed by atoms with Crippen LogP contribution in [0.2, 0.25) is 0 Å². The van der Waals surface area contributed by atoms with Gasteiger partial charge in [-0.15, -0.1) is 0 Å². The summed E-state index contributed by atoms with van der Waals surface area (Å²) in [7, 11) is 3.67. The van der Waals surface area contributed by atoms with Crippen LogP contribution in [0.25, 0.3) is 5.76 Å². The number of ketones is 2. The van der Waals surface area contributed by atoms with Crippen molar-refractivity contribution in [3.8, 4) is 5.75 Å². The maximum absolute atomic E-state index is 13.7. The van der Waals surface area contributed by atoms with E-state index in [2.05, 4.69) is 5.32 Å². The summed E-state index contributed by atoms with van der Waals surface area (Å²) in [5, 5.41) is 48.2. The van der Waals surface area contributed by atoms with E-state index in [1.54, 1.807) is 0 Å². The van der Waals surface area contributed by atoms with E-state index in [0.29, 0.717) is 17.7 Å². The molecule has 5 rings (SSSR count). The number of carbonyl (C=O) groups is 3. The Labute approximate surface area is 225 Å². The Bertz CT molecular complexity index is 1460. The lowest BCUT2D eigenvalue weighted by Gasteiger charge is -2.46. The van der Waals surface area contributed by atoms with E-state index in [1.165, 1.54) is 0 Å². The van der Waals surface area contributed by atoms with Crippen molar-refractivity contribution in [2.75, 3.05) is 19.0 Å². The molecule has 7 N–H and O–H groups in total. The Morgan fingerprint density at radius 3 is 2.44 bits per heavy atom. The van der Waals surface area contributed by atoms with Gasteiger partial charge in [-0.25, -0.2) is 0 Å². The van der Waals surface area contributed by atoms with Gasteiger partial charge in [0.2, 0.25) is 5.78 Å². The fourth-order valence-corrected chi connectivity index (χ4v) is 6.19. The van der Waals surface area contributed by atoms with Gasteiger partial charge in [0, 0.05) is 56.3 Å². The number of aliphatic hydroxyl groups excluding tert-OH is 2. The van der Waals surface area contributed by atoms with Crippen LogP contribution in [0.15, 0.2) is 53.3 Å². The van der Waals surface area contributed by atoms with Crippen LogP contribution >= 0.6 is 0 Å². The molecule has 0 radical (unpaired) electrons. The molecule has 10 heteroatoms. The third kappa shape index (κ3) is 4.07. The Hall–Kier alpha value is -4.15. The molecule has 0 aliphatic heterocycles. The van der Waals surface area contributed by atoms with Crippen LogP contribution in [0.4, 0.5) is 5.69 Å². The molecule has 2 aromatic rings. The highest BCUT2D eigenvalue weighted by atomic mass is 16.3. The van der Waals surface area contributed by atoms with Gasteiger partial charge in [-0.05, 0) is 36.0 Å². The minimum Gasteiger partial charge on any atom is -0.508 e. The van der Waals surface area contributed by atoms with Crippen molar-refractivity contribution in [2.45, 2.75) is 38.0 Å². The number of anilines is 1. The van der Waals surface area contributed by atoms with Crippen molar-refractivity contribution in [3.05, 3.63) is 75.6 Å². The number of phenolic OH excluding ortho intramolecular Hbond substituents is 1. The van der Waals surface area contributed by atoms with E-state index >= 15 is 0 Å². The second-order valence-electron chi connectivity index (χ2n) is 10.6. The van der Waals surface area contributed by atoms with Gasteiger partial charge in [-0.2, -0.15) is 0 Å². The van der Waals surface area contributed by atoms with E-state index in [1.807, 2.05) is 55.4 Å². The number of benzene rings is 2. The lowest BCUT2D eigenvalue weighted by Crippen LogP contribution is -2.58. The quantitative estimate of drug-likeness (QED) is 0.303. The first kappa shape index (κ1) is 26.5. The number of carbonyl (C=O) groups excluding carboxylic acids is 3. The summed E-state index contributed by atoms with van der Waals surface area (Å²) in [5.74, 6) is -6.33. The number of primary amides is 1. The van der Waals surface area contributed by atoms with Crippen LogP contribution < -0.4 is 16.0 Å². The van der Waals surface area contributed by atoms with Crippen LogP contribution in [0.3, 0.4) is 0 Å². The van der Waals surface area contributed by atoms with E-state index < -0.39 is 52.0 Å². The molecule has 1 saturated carbocycles. The Morgan fingerprint density at radius 2 is 1.79 bits per heavy atom. The number of amides is 1. The fourth-order valence-electron chi connectivity index (χ4n) is 6.19. The number of aliphatic hydroxyl groups is 3. The van der Waals surface area contributed by atoms with Gasteiger partial charge in [0.25, 0.3) is 5.91 Å². The van der Waals surface area contributed by atoms with Gasteiger partial charge < -0.3 is 36.4 Å². The minimum absolute atomic E-state index is 0.0878. The van der Waals surface area contributed by atoms with Crippen LogP contribution in [0.1, 0.15) is 35.1 Å². The Morgan fingerprint density at radius 1 is 1.10 bits per heavy atom. The SMILES string of the molecule is CN(C)c1cc(CNCc2ccccc2)c(O)c2c1CC1CC3CC(=O)C(C(N)=O)=C(O)C3(O)C(=O)C1=C2O. The average Bonchev–Trinajstić information content (AvgIpc) is 2.87. The largest absolute Gasteiger partial charge is 0.508 e. The molecule has 0 saturated heterocycles. The summed E-state index contributed by atoms with van der Waals surface area (Å²) in [6, 6.07) is 11.6. The summed E-state index contributed by atoms with van der Waals surface area (Å²) in [6.45, 7) is 0.817. The van der Waals surface area contributed by atoms with Crippen LogP contribution in [-0.4, -0.2) is 57.6 Å². The number of Topliss-reactive ketones (excluding diaryl/α,β-unsaturated/α-hetero) is 2. The summed E-state index contributed by atoms with van der Waals surface area (Å²) >= 11 is 0. The first-order valence-corrected chi connectivity index (χ1v) is 12.7. The summed E-state index contributed by atoms with van der Waals surface area (Å²) in [6.07, 6.45) is 0.00387. The molecule has 39 heavy (non-hydrogen) atoms. The number of nitrogens with zero attached hydrogens (tertiary/aromatic N) is 1. The van der Waals surface area contributed by atoms with Crippen LogP contribution in [0.5, 0.6) is 5.75 Å². The van der Waals surface area contributed by atoms with Gasteiger partial charge in [-0.3, -0.25) is 14.4 Å². The number of nitrogens with one attached hydrogen (secondary N) is 1. The molecule has 2 aromatic carbocycles. The molecule has 0 aromatic heterocycles. The summed E-state index contributed by atoms with van der Waals surface area (Å²) in [5.41, 5.74) is 4.74. The van der Waals surface area contributed by atoms with Crippen molar-refractivity contribution >= 4 is 28.9 Å². The topological polar surface area (TPSA) is 173 Å². The maximum Gasteiger partial charge on any atom is 0.255 e. The number of nitrogens with two attached hydrogens (primary N) is 1. The van der Waals surface area contributed by atoms with Crippen molar-refractivity contribution in [3.63, 3.8) is 0 Å². The molecular formula is C29H31N3O7. The summed E-state index contributed by atoms with van der Waals surface area (Å²) < 4.78 is 0. The minimum atomic E-state index is -2.58. The number of phenols is 1. The number of hydrogen-bond acceptors (Lipinski definition) is 9. The zero-order chi connectivity index (χ0) is 28.2. The third-order valence-corrected chi connectivity index (χ3v) is 8.09. The zero-order valence-corrected chi connectivity index (χ0v) is 21.7. The molecule has 3 atom stereocenters. The monoisotopic (exact) mass is 533 g/mol.